The summed E-state index contributed by atoms with van der Waals surface area (Å²) in [4.78, 5) is 5.09. The number of piperidine rings is 1. The molecule has 0 aromatic heterocycles. The van der Waals surface area contributed by atoms with Gasteiger partial charge < -0.3 is 15.1 Å². The standard InChI is InChI=1S/C19H31N3/c1-4-21-9-11-22(12-10-21)19-8-6-17(13-16(19)3)18-7-5-15(2)14-20-18/h6,8,13,15,18,20H,4-5,7,9-12,14H2,1-3H3. The maximum Gasteiger partial charge on any atom is 0.0397 e. The minimum Gasteiger partial charge on any atom is -0.369 e. The molecule has 2 heterocycles. The van der Waals surface area contributed by atoms with Crippen LogP contribution in [0.2, 0.25) is 0 Å². The Labute approximate surface area is 135 Å². The third-order valence-corrected chi connectivity index (χ3v) is 5.44. The van der Waals surface area contributed by atoms with E-state index >= 15 is 0 Å². The molecule has 0 bridgehead atoms. The van der Waals surface area contributed by atoms with E-state index in [0.717, 1.165) is 25.6 Å². The Balaban J connectivity index is 1.67. The Bertz CT molecular complexity index is 483. The summed E-state index contributed by atoms with van der Waals surface area (Å²) in [6.45, 7) is 13.9. The summed E-state index contributed by atoms with van der Waals surface area (Å²) < 4.78 is 0. The van der Waals surface area contributed by atoms with Gasteiger partial charge in [0.1, 0.15) is 0 Å². The predicted octanol–water partition coefficient (Wildman–Crippen LogP) is 3.20. The largest absolute Gasteiger partial charge is 0.369 e. The third kappa shape index (κ3) is 3.47. The van der Waals surface area contributed by atoms with Crippen molar-refractivity contribution in [2.45, 2.75) is 39.7 Å². The van der Waals surface area contributed by atoms with E-state index in [1.807, 2.05) is 0 Å². The van der Waals surface area contributed by atoms with Gasteiger partial charge in [0, 0.05) is 37.9 Å². The lowest BCUT2D eigenvalue weighted by atomic mass is 9.91. The molecule has 2 saturated heterocycles. The second-order valence-electron chi connectivity index (χ2n) is 7.11. The molecule has 3 rings (SSSR count). The molecular weight excluding hydrogens is 270 g/mol. The molecule has 2 aliphatic rings. The molecule has 2 aliphatic heterocycles. The maximum atomic E-state index is 3.70. The van der Waals surface area contributed by atoms with Gasteiger partial charge in [0.2, 0.25) is 0 Å². The number of likely N-dealkylation sites (N-methyl/N-ethyl adjacent to an activating group) is 1. The monoisotopic (exact) mass is 301 g/mol. The Morgan fingerprint density at radius 1 is 1.14 bits per heavy atom. The first-order valence-electron chi connectivity index (χ1n) is 8.98. The zero-order valence-corrected chi connectivity index (χ0v) is 14.4. The van der Waals surface area contributed by atoms with E-state index in [-0.39, 0.29) is 0 Å². The van der Waals surface area contributed by atoms with Crippen molar-refractivity contribution in [1.82, 2.24) is 10.2 Å². The summed E-state index contributed by atoms with van der Waals surface area (Å²) in [6.07, 6.45) is 2.62. The first-order valence-corrected chi connectivity index (χ1v) is 8.98. The van der Waals surface area contributed by atoms with Crippen LogP contribution >= 0.6 is 0 Å². The lowest BCUT2D eigenvalue weighted by Crippen LogP contribution is -2.46. The number of nitrogens with one attached hydrogen (secondary N) is 1. The number of anilines is 1. The summed E-state index contributed by atoms with van der Waals surface area (Å²) in [7, 11) is 0. The van der Waals surface area contributed by atoms with Crippen LogP contribution in [-0.4, -0.2) is 44.2 Å². The van der Waals surface area contributed by atoms with Gasteiger partial charge in [0.05, 0.1) is 0 Å². The van der Waals surface area contributed by atoms with Crippen LogP contribution in [0.5, 0.6) is 0 Å². The van der Waals surface area contributed by atoms with E-state index in [0.29, 0.717) is 6.04 Å². The van der Waals surface area contributed by atoms with Gasteiger partial charge in [-0.15, -0.1) is 0 Å². The van der Waals surface area contributed by atoms with Gasteiger partial charge in [-0.1, -0.05) is 26.0 Å². The summed E-state index contributed by atoms with van der Waals surface area (Å²) in [5.74, 6) is 0.825. The molecule has 0 saturated carbocycles. The van der Waals surface area contributed by atoms with Crippen LogP contribution in [0.1, 0.15) is 43.9 Å². The number of piperazine rings is 1. The van der Waals surface area contributed by atoms with Gasteiger partial charge in [-0.05, 0) is 56.0 Å². The van der Waals surface area contributed by atoms with Crippen LogP contribution in [0.3, 0.4) is 0 Å². The van der Waals surface area contributed by atoms with Gasteiger partial charge >= 0.3 is 0 Å². The van der Waals surface area contributed by atoms with Crippen LogP contribution in [-0.2, 0) is 0 Å². The third-order valence-electron chi connectivity index (χ3n) is 5.44. The Morgan fingerprint density at radius 2 is 1.91 bits per heavy atom. The van der Waals surface area contributed by atoms with Crippen molar-refractivity contribution in [1.29, 1.82) is 0 Å². The van der Waals surface area contributed by atoms with Gasteiger partial charge in [-0.25, -0.2) is 0 Å². The number of rotatable bonds is 3. The molecule has 0 radical (unpaired) electrons. The highest BCUT2D eigenvalue weighted by Crippen LogP contribution is 2.29. The second-order valence-corrected chi connectivity index (χ2v) is 7.11. The topological polar surface area (TPSA) is 18.5 Å². The van der Waals surface area contributed by atoms with Gasteiger partial charge in [0.15, 0.2) is 0 Å². The molecule has 3 heteroatoms. The molecule has 0 spiro atoms. The number of aryl methyl sites for hydroxylation is 1. The van der Waals surface area contributed by atoms with Crippen LogP contribution in [0, 0.1) is 12.8 Å². The molecule has 3 nitrogen and oxygen atoms in total. The van der Waals surface area contributed by atoms with Crippen molar-refractivity contribution < 1.29 is 0 Å². The molecule has 2 fully saturated rings. The zero-order chi connectivity index (χ0) is 15.5. The molecule has 2 atom stereocenters. The zero-order valence-electron chi connectivity index (χ0n) is 14.4. The Kier molecular flexibility index (Phi) is 5.04. The molecule has 22 heavy (non-hydrogen) atoms. The minimum absolute atomic E-state index is 0.556. The smallest absolute Gasteiger partial charge is 0.0397 e. The molecular formula is C19H31N3. The first-order chi connectivity index (χ1) is 10.7. The van der Waals surface area contributed by atoms with Gasteiger partial charge in [-0.3, -0.25) is 0 Å². The highest BCUT2D eigenvalue weighted by molar-refractivity contribution is 5.55. The highest BCUT2D eigenvalue weighted by atomic mass is 15.3. The van der Waals surface area contributed by atoms with Crippen molar-refractivity contribution in [2.24, 2.45) is 5.92 Å². The van der Waals surface area contributed by atoms with E-state index in [2.05, 4.69) is 54.1 Å². The summed E-state index contributed by atoms with van der Waals surface area (Å²) in [5, 5.41) is 3.70. The fraction of sp³-hybridized carbons (Fsp3) is 0.684. The predicted molar refractivity (Wildman–Crippen MR) is 94.6 cm³/mol. The molecule has 0 amide bonds. The quantitative estimate of drug-likeness (QED) is 0.925. The summed E-state index contributed by atoms with van der Waals surface area (Å²) in [6, 6.07) is 7.67. The fourth-order valence-electron chi connectivity index (χ4n) is 3.84. The van der Waals surface area contributed by atoms with Gasteiger partial charge in [0.25, 0.3) is 0 Å². The first kappa shape index (κ1) is 15.8. The van der Waals surface area contributed by atoms with Crippen LogP contribution < -0.4 is 10.2 Å². The molecule has 2 unspecified atom stereocenters. The summed E-state index contributed by atoms with van der Waals surface area (Å²) >= 11 is 0. The van der Waals surface area contributed by atoms with Crippen molar-refractivity contribution in [3.8, 4) is 0 Å². The second kappa shape index (κ2) is 7.01. The van der Waals surface area contributed by atoms with Crippen molar-refractivity contribution >= 4 is 5.69 Å². The number of hydrogen-bond acceptors (Lipinski definition) is 3. The molecule has 1 aromatic carbocycles. The number of hydrogen-bond donors (Lipinski definition) is 1. The maximum absolute atomic E-state index is 3.70. The van der Waals surface area contributed by atoms with E-state index in [9.17, 15) is 0 Å². The SMILES string of the molecule is CCN1CCN(c2ccc(C3CCC(C)CN3)cc2C)CC1. The average Bonchev–Trinajstić information content (AvgIpc) is 2.56. The lowest BCUT2D eigenvalue weighted by molar-refractivity contribution is 0.271. The van der Waals surface area contributed by atoms with Crippen molar-refractivity contribution in [3.05, 3.63) is 29.3 Å². The summed E-state index contributed by atoms with van der Waals surface area (Å²) in [5.41, 5.74) is 4.34. The molecule has 1 aromatic rings. The highest BCUT2D eigenvalue weighted by Gasteiger charge is 2.21. The lowest BCUT2D eigenvalue weighted by Gasteiger charge is -2.36. The molecule has 122 valence electrons. The minimum atomic E-state index is 0.556. The average molecular weight is 301 g/mol. The van der Waals surface area contributed by atoms with Crippen LogP contribution in [0.15, 0.2) is 18.2 Å². The van der Waals surface area contributed by atoms with E-state index < -0.39 is 0 Å². The van der Waals surface area contributed by atoms with E-state index in [1.165, 1.54) is 49.3 Å². The normalized spacial score (nSPS) is 27.1. The van der Waals surface area contributed by atoms with E-state index in [1.54, 1.807) is 0 Å². The Hall–Kier alpha value is -1.06. The molecule has 1 N–H and O–H groups in total. The molecule has 0 aliphatic carbocycles. The van der Waals surface area contributed by atoms with Crippen molar-refractivity contribution in [3.63, 3.8) is 0 Å². The van der Waals surface area contributed by atoms with Crippen LogP contribution in [0.4, 0.5) is 5.69 Å². The number of nitrogens with zero attached hydrogens (tertiary/aromatic N) is 2. The Morgan fingerprint density at radius 3 is 2.50 bits per heavy atom. The van der Waals surface area contributed by atoms with Crippen LogP contribution in [0.25, 0.3) is 0 Å². The number of benzene rings is 1. The fourth-order valence-corrected chi connectivity index (χ4v) is 3.84. The van der Waals surface area contributed by atoms with Gasteiger partial charge in [-0.2, -0.15) is 0 Å². The van der Waals surface area contributed by atoms with Crippen molar-refractivity contribution in [2.75, 3.05) is 44.2 Å². The van der Waals surface area contributed by atoms with E-state index in [4.69, 9.17) is 0 Å².